The van der Waals surface area contributed by atoms with Crippen molar-refractivity contribution in [1.29, 1.82) is 0 Å². The minimum absolute atomic E-state index is 0.241. The Morgan fingerprint density at radius 2 is 1.81 bits per heavy atom. The van der Waals surface area contributed by atoms with Gasteiger partial charge in [0.15, 0.2) is 0 Å². The SMILES string of the molecule is Cc1ccc([C@]2(C)NC(=O)N(CC(=O)Nc3ccc(F)cc3F)C2=O)cc1. The fourth-order valence-electron chi connectivity index (χ4n) is 2.85. The number of rotatable bonds is 4. The van der Waals surface area contributed by atoms with Crippen LogP contribution in [0.1, 0.15) is 18.1 Å². The van der Waals surface area contributed by atoms with Gasteiger partial charge in [0.2, 0.25) is 5.91 Å². The van der Waals surface area contributed by atoms with Gasteiger partial charge >= 0.3 is 6.03 Å². The van der Waals surface area contributed by atoms with Crippen LogP contribution < -0.4 is 10.6 Å². The smallest absolute Gasteiger partial charge is 0.322 e. The molecule has 6 nitrogen and oxygen atoms in total. The van der Waals surface area contributed by atoms with Crippen molar-refractivity contribution in [2.24, 2.45) is 0 Å². The van der Waals surface area contributed by atoms with Crippen LogP contribution in [0.5, 0.6) is 0 Å². The molecule has 0 unspecified atom stereocenters. The number of carbonyl (C=O) groups excluding carboxylic acids is 3. The number of nitrogens with zero attached hydrogens (tertiary/aromatic N) is 1. The predicted molar refractivity (Wildman–Crippen MR) is 93.8 cm³/mol. The van der Waals surface area contributed by atoms with Gasteiger partial charge in [-0.3, -0.25) is 14.5 Å². The maximum Gasteiger partial charge on any atom is 0.325 e. The molecule has 1 aliphatic heterocycles. The van der Waals surface area contributed by atoms with Crippen molar-refractivity contribution in [3.63, 3.8) is 0 Å². The zero-order valence-corrected chi connectivity index (χ0v) is 14.7. The number of hydrogen-bond donors (Lipinski definition) is 2. The highest BCUT2D eigenvalue weighted by molar-refractivity contribution is 6.10. The molecule has 0 spiro atoms. The van der Waals surface area contributed by atoms with Gasteiger partial charge in [-0.25, -0.2) is 13.6 Å². The molecule has 0 bridgehead atoms. The van der Waals surface area contributed by atoms with Gasteiger partial charge in [0.25, 0.3) is 5.91 Å². The van der Waals surface area contributed by atoms with Crippen molar-refractivity contribution in [2.75, 3.05) is 11.9 Å². The lowest BCUT2D eigenvalue weighted by Gasteiger charge is -2.22. The van der Waals surface area contributed by atoms with E-state index in [1.807, 2.05) is 19.1 Å². The molecule has 1 aliphatic rings. The molecule has 1 atom stereocenters. The summed E-state index contributed by atoms with van der Waals surface area (Å²) in [6.45, 7) is 2.85. The number of anilines is 1. The average molecular weight is 373 g/mol. The molecule has 0 aliphatic carbocycles. The highest BCUT2D eigenvalue weighted by Crippen LogP contribution is 2.29. The summed E-state index contributed by atoms with van der Waals surface area (Å²) in [4.78, 5) is 37.9. The van der Waals surface area contributed by atoms with E-state index in [4.69, 9.17) is 0 Å². The van der Waals surface area contributed by atoms with Gasteiger partial charge in [-0.15, -0.1) is 0 Å². The number of aryl methyl sites for hydroxylation is 1. The number of halogens is 2. The molecule has 140 valence electrons. The number of benzene rings is 2. The Bertz CT molecular complexity index is 930. The molecule has 0 radical (unpaired) electrons. The summed E-state index contributed by atoms with van der Waals surface area (Å²) in [7, 11) is 0. The zero-order valence-electron chi connectivity index (χ0n) is 14.7. The van der Waals surface area contributed by atoms with Crippen LogP contribution in [0.15, 0.2) is 42.5 Å². The highest BCUT2D eigenvalue weighted by atomic mass is 19.1. The zero-order chi connectivity index (χ0) is 19.8. The predicted octanol–water partition coefficient (Wildman–Crippen LogP) is 2.68. The first kappa shape index (κ1) is 18.5. The van der Waals surface area contributed by atoms with E-state index in [9.17, 15) is 23.2 Å². The van der Waals surface area contributed by atoms with Crippen molar-refractivity contribution >= 4 is 23.5 Å². The van der Waals surface area contributed by atoms with Crippen LogP contribution in [0.25, 0.3) is 0 Å². The molecule has 2 aromatic rings. The molecule has 0 aromatic heterocycles. The lowest BCUT2D eigenvalue weighted by Crippen LogP contribution is -2.42. The van der Waals surface area contributed by atoms with Gasteiger partial charge in [-0.1, -0.05) is 29.8 Å². The molecule has 0 saturated carbocycles. The van der Waals surface area contributed by atoms with Gasteiger partial charge in [-0.2, -0.15) is 0 Å². The van der Waals surface area contributed by atoms with E-state index in [-0.39, 0.29) is 5.69 Å². The molecule has 1 fully saturated rings. The Morgan fingerprint density at radius 1 is 1.15 bits per heavy atom. The quantitative estimate of drug-likeness (QED) is 0.809. The van der Waals surface area contributed by atoms with Gasteiger partial charge in [-0.05, 0) is 31.5 Å². The van der Waals surface area contributed by atoms with E-state index in [2.05, 4.69) is 10.6 Å². The Kier molecular flexibility index (Phi) is 4.65. The molecular weight excluding hydrogens is 356 g/mol. The lowest BCUT2D eigenvalue weighted by atomic mass is 9.91. The summed E-state index contributed by atoms with van der Waals surface area (Å²) >= 11 is 0. The Labute approximate surface area is 154 Å². The van der Waals surface area contributed by atoms with Gasteiger partial charge < -0.3 is 10.6 Å². The fourth-order valence-corrected chi connectivity index (χ4v) is 2.85. The monoisotopic (exact) mass is 373 g/mol. The van der Waals surface area contributed by atoms with Crippen LogP contribution >= 0.6 is 0 Å². The van der Waals surface area contributed by atoms with Crippen molar-refractivity contribution in [3.8, 4) is 0 Å². The number of carbonyl (C=O) groups is 3. The van der Waals surface area contributed by atoms with Crippen LogP contribution in [0.2, 0.25) is 0 Å². The second-order valence-corrected chi connectivity index (χ2v) is 6.48. The average Bonchev–Trinajstić information content (AvgIpc) is 2.82. The topological polar surface area (TPSA) is 78.5 Å². The molecule has 3 rings (SSSR count). The number of imide groups is 1. The molecule has 8 heteroatoms. The van der Waals surface area contributed by atoms with Crippen molar-refractivity contribution in [3.05, 3.63) is 65.2 Å². The Morgan fingerprint density at radius 3 is 2.44 bits per heavy atom. The third kappa shape index (κ3) is 3.51. The summed E-state index contributed by atoms with van der Waals surface area (Å²) in [6.07, 6.45) is 0. The molecule has 4 amide bonds. The first-order valence-corrected chi connectivity index (χ1v) is 8.17. The third-order valence-electron chi connectivity index (χ3n) is 4.41. The largest absolute Gasteiger partial charge is 0.325 e. The normalized spacial score (nSPS) is 19.2. The maximum absolute atomic E-state index is 13.6. The summed E-state index contributed by atoms with van der Waals surface area (Å²) in [5, 5.41) is 4.81. The Balaban J connectivity index is 1.75. The third-order valence-corrected chi connectivity index (χ3v) is 4.41. The van der Waals surface area contributed by atoms with Crippen molar-refractivity contribution in [2.45, 2.75) is 19.4 Å². The van der Waals surface area contributed by atoms with Gasteiger partial charge in [0.05, 0.1) is 5.69 Å². The van der Waals surface area contributed by atoms with E-state index in [0.29, 0.717) is 11.6 Å². The minimum atomic E-state index is -1.30. The Hall–Kier alpha value is -3.29. The standard InChI is InChI=1S/C19H17F2N3O3/c1-11-3-5-12(6-4-11)19(2)17(26)24(18(27)23-19)10-16(25)22-15-8-7-13(20)9-14(15)21/h3-9H,10H2,1-2H3,(H,22,25)(H,23,27)/t19-/m0/s1. The second-order valence-electron chi connectivity index (χ2n) is 6.48. The summed E-state index contributed by atoms with van der Waals surface area (Å²) in [5.74, 6) is -3.11. The molecular formula is C19H17F2N3O3. The van der Waals surface area contributed by atoms with Crippen molar-refractivity contribution < 1.29 is 23.2 Å². The van der Waals surface area contributed by atoms with E-state index >= 15 is 0 Å². The summed E-state index contributed by atoms with van der Waals surface area (Å²) in [6, 6.07) is 9.02. The lowest BCUT2D eigenvalue weighted by molar-refractivity contribution is -0.133. The second kappa shape index (κ2) is 6.79. The fraction of sp³-hybridized carbons (Fsp3) is 0.211. The highest BCUT2D eigenvalue weighted by Gasteiger charge is 2.49. The van der Waals surface area contributed by atoms with Gasteiger partial charge in [0, 0.05) is 6.07 Å². The van der Waals surface area contributed by atoms with Gasteiger partial charge in [0.1, 0.15) is 23.7 Å². The number of urea groups is 1. The first-order chi connectivity index (χ1) is 12.7. The summed E-state index contributed by atoms with van der Waals surface area (Å²) < 4.78 is 26.6. The number of hydrogen-bond acceptors (Lipinski definition) is 3. The van der Waals surface area contributed by atoms with E-state index in [1.165, 1.54) is 0 Å². The maximum atomic E-state index is 13.6. The van der Waals surface area contributed by atoms with Crippen molar-refractivity contribution in [1.82, 2.24) is 10.2 Å². The van der Waals surface area contributed by atoms with Crippen LogP contribution in [-0.4, -0.2) is 29.3 Å². The van der Waals surface area contributed by atoms with E-state index in [1.54, 1.807) is 19.1 Å². The van der Waals surface area contributed by atoms with Crippen LogP contribution in [0.4, 0.5) is 19.3 Å². The van der Waals surface area contributed by atoms with Crippen LogP contribution in [-0.2, 0) is 15.1 Å². The molecule has 1 heterocycles. The molecule has 27 heavy (non-hydrogen) atoms. The minimum Gasteiger partial charge on any atom is -0.322 e. The molecule has 2 aromatic carbocycles. The molecule has 1 saturated heterocycles. The molecule has 2 N–H and O–H groups in total. The van der Waals surface area contributed by atoms with E-state index in [0.717, 1.165) is 22.6 Å². The van der Waals surface area contributed by atoms with Crippen LogP contribution in [0.3, 0.4) is 0 Å². The van der Waals surface area contributed by atoms with Crippen LogP contribution in [0, 0.1) is 18.6 Å². The number of amides is 4. The first-order valence-electron chi connectivity index (χ1n) is 8.17. The van der Waals surface area contributed by atoms with E-state index < -0.39 is 41.6 Å². The number of nitrogens with one attached hydrogen (secondary N) is 2. The summed E-state index contributed by atoms with van der Waals surface area (Å²) in [5.41, 5.74) is 0.0389.